The van der Waals surface area contributed by atoms with Gasteiger partial charge in [0.25, 0.3) is 0 Å². The fraction of sp³-hybridized carbons (Fsp3) is 0.438. The number of nitrogens with zero attached hydrogens (tertiary/aromatic N) is 3. The number of hydrogen-bond donors (Lipinski definition) is 3. The Morgan fingerprint density at radius 3 is 2.82 bits per heavy atom. The highest BCUT2D eigenvalue weighted by molar-refractivity contribution is 5.52. The van der Waals surface area contributed by atoms with E-state index < -0.39 is 6.10 Å². The van der Waals surface area contributed by atoms with Crippen molar-refractivity contribution in [3.05, 3.63) is 42.5 Å². The van der Waals surface area contributed by atoms with Crippen LogP contribution in [0.15, 0.2) is 36.8 Å². The van der Waals surface area contributed by atoms with Gasteiger partial charge in [-0.2, -0.15) is 0 Å². The normalized spacial score (nSPS) is 28.0. The predicted molar refractivity (Wildman–Crippen MR) is 81.6 cm³/mol. The maximum atomic E-state index is 9.96. The van der Waals surface area contributed by atoms with Crippen molar-refractivity contribution in [3.63, 3.8) is 0 Å². The number of nitrogens with two attached hydrogens (primary N) is 1. The summed E-state index contributed by atoms with van der Waals surface area (Å²) in [6, 6.07) is 5.49. The van der Waals surface area contributed by atoms with E-state index in [1.165, 1.54) is 0 Å². The van der Waals surface area contributed by atoms with Crippen molar-refractivity contribution < 1.29 is 10.2 Å². The molecule has 1 aliphatic carbocycles. The Kier molecular flexibility index (Phi) is 4.42. The molecule has 0 aliphatic heterocycles. The van der Waals surface area contributed by atoms with Crippen molar-refractivity contribution in [2.24, 2.45) is 17.6 Å². The summed E-state index contributed by atoms with van der Waals surface area (Å²) in [5, 5.41) is 19.4. The molecule has 4 unspecified atom stereocenters. The molecular weight excluding hydrogens is 280 g/mol. The van der Waals surface area contributed by atoms with Crippen LogP contribution in [0.4, 0.5) is 0 Å². The Balaban J connectivity index is 1.81. The summed E-state index contributed by atoms with van der Waals surface area (Å²) in [5.74, 6) is 0.460. The van der Waals surface area contributed by atoms with E-state index in [1.807, 2.05) is 18.2 Å². The molecule has 2 aromatic rings. The Hall–Kier alpha value is -1.89. The summed E-state index contributed by atoms with van der Waals surface area (Å²) in [4.78, 5) is 12.9. The van der Waals surface area contributed by atoms with E-state index in [9.17, 15) is 10.2 Å². The Bertz CT molecular complexity index is 623. The van der Waals surface area contributed by atoms with Gasteiger partial charge in [0.2, 0.25) is 0 Å². The highest BCUT2D eigenvalue weighted by atomic mass is 16.3. The Morgan fingerprint density at radius 2 is 2.09 bits per heavy atom. The summed E-state index contributed by atoms with van der Waals surface area (Å²) >= 11 is 0. The quantitative estimate of drug-likeness (QED) is 0.755. The van der Waals surface area contributed by atoms with E-state index in [1.54, 1.807) is 18.6 Å². The predicted octanol–water partition coefficient (Wildman–Crippen LogP) is 0.398. The van der Waals surface area contributed by atoms with Crippen LogP contribution >= 0.6 is 0 Å². The molecule has 0 radical (unpaired) electrons. The first kappa shape index (κ1) is 15.0. The summed E-state index contributed by atoms with van der Waals surface area (Å²) in [7, 11) is 0. The second-order valence-corrected chi connectivity index (χ2v) is 5.79. The first-order chi connectivity index (χ1) is 10.7. The van der Waals surface area contributed by atoms with Crippen molar-refractivity contribution >= 4 is 0 Å². The molecule has 2 heterocycles. The molecule has 1 saturated carbocycles. The summed E-state index contributed by atoms with van der Waals surface area (Å²) in [6.45, 7) is -0.0555. The molecule has 1 fully saturated rings. The molecule has 1 aliphatic rings. The zero-order valence-electron chi connectivity index (χ0n) is 12.2. The van der Waals surface area contributed by atoms with Crippen LogP contribution in [0.25, 0.3) is 11.4 Å². The molecule has 6 nitrogen and oxygen atoms in total. The molecule has 4 atom stereocenters. The van der Waals surface area contributed by atoms with Crippen molar-refractivity contribution in [2.75, 3.05) is 6.61 Å². The molecule has 116 valence electrons. The molecule has 4 N–H and O–H groups in total. The van der Waals surface area contributed by atoms with Crippen LogP contribution in [0.2, 0.25) is 0 Å². The Labute approximate surface area is 129 Å². The van der Waals surface area contributed by atoms with E-state index in [-0.39, 0.29) is 24.5 Å². The number of pyridine rings is 1. The topological polar surface area (TPSA) is 105 Å². The fourth-order valence-electron chi connectivity index (χ4n) is 3.18. The molecule has 2 aromatic heterocycles. The van der Waals surface area contributed by atoms with Crippen molar-refractivity contribution in [1.82, 2.24) is 15.0 Å². The van der Waals surface area contributed by atoms with Crippen LogP contribution < -0.4 is 5.73 Å². The van der Waals surface area contributed by atoms with E-state index in [4.69, 9.17) is 5.73 Å². The van der Waals surface area contributed by atoms with Crippen LogP contribution in [0.3, 0.4) is 0 Å². The molecule has 0 amide bonds. The number of rotatable bonds is 4. The summed E-state index contributed by atoms with van der Waals surface area (Å²) in [6.07, 6.45) is 5.76. The van der Waals surface area contributed by atoms with Crippen molar-refractivity contribution in [2.45, 2.75) is 25.0 Å². The van der Waals surface area contributed by atoms with E-state index >= 15 is 0 Å². The maximum Gasteiger partial charge on any atom is 0.160 e. The van der Waals surface area contributed by atoms with Gasteiger partial charge < -0.3 is 15.9 Å². The monoisotopic (exact) mass is 300 g/mol. The van der Waals surface area contributed by atoms with E-state index in [2.05, 4.69) is 15.0 Å². The molecule has 0 aromatic carbocycles. The van der Waals surface area contributed by atoms with E-state index in [0.29, 0.717) is 18.7 Å². The first-order valence-electron chi connectivity index (χ1n) is 7.46. The van der Waals surface area contributed by atoms with Gasteiger partial charge in [0.1, 0.15) is 0 Å². The summed E-state index contributed by atoms with van der Waals surface area (Å²) < 4.78 is 0. The van der Waals surface area contributed by atoms with Gasteiger partial charge in [0.15, 0.2) is 5.82 Å². The molecule has 6 heteroatoms. The number of hydrogen-bond acceptors (Lipinski definition) is 6. The third-order valence-electron chi connectivity index (χ3n) is 4.40. The fourth-order valence-corrected chi connectivity index (χ4v) is 3.18. The van der Waals surface area contributed by atoms with Crippen LogP contribution in [-0.4, -0.2) is 43.9 Å². The van der Waals surface area contributed by atoms with Gasteiger partial charge in [0.05, 0.1) is 6.10 Å². The lowest BCUT2D eigenvalue weighted by Gasteiger charge is -2.21. The lowest BCUT2D eigenvalue weighted by atomic mass is 9.89. The van der Waals surface area contributed by atoms with Gasteiger partial charge in [-0.1, -0.05) is 0 Å². The van der Waals surface area contributed by atoms with Crippen LogP contribution in [0, 0.1) is 11.8 Å². The third-order valence-corrected chi connectivity index (χ3v) is 4.40. The van der Waals surface area contributed by atoms with Gasteiger partial charge in [-0.25, -0.2) is 9.97 Å². The minimum atomic E-state index is -0.537. The zero-order valence-corrected chi connectivity index (χ0v) is 12.2. The van der Waals surface area contributed by atoms with Gasteiger partial charge in [-0.05, 0) is 37.0 Å². The van der Waals surface area contributed by atoms with Gasteiger partial charge in [0, 0.05) is 48.4 Å². The minimum absolute atomic E-state index is 0.0247. The smallest absolute Gasteiger partial charge is 0.160 e. The second kappa shape index (κ2) is 6.48. The van der Waals surface area contributed by atoms with Crippen molar-refractivity contribution in [1.29, 1.82) is 0 Å². The first-order valence-corrected chi connectivity index (χ1v) is 7.46. The largest absolute Gasteiger partial charge is 0.396 e. The second-order valence-electron chi connectivity index (χ2n) is 5.79. The Morgan fingerprint density at radius 1 is 1.23 bits per heavy atom. The van der Waals surface area contributed by atoms with Crippen LogP contribution in [-0.2, 0) is 6.42 Å². The zero-order chi connectivity index (χ0) is 15.5. The molecule has 22 heavy (non-hydrogen) atoms. The van der Waals surface area contributed by atoms with Crippen molar-refractivity contribution in [3.8, 4) is 11.4 Å². The molecule has 0 saturated heterocycles. The molecule has 3 rings (SSSR count). The van der Waals surface area contributed by atoms with Crippen LogP contribution in [0.5, 0.6) is 0 Å². The maximum absolute atomic E-state index is 9.96. The lowest BCUT2D eigenvalue weighted by molar-refractivity contribution is 0.0718. The third kappa shape index (κ3) is 2.99. The SMILES string of the molecule is NC1CC(O)C(CO)C1Cc1ccnc(-c2cccnc2)n1. The highest BCUT2D eigenvalue weighted by Crippen LogP contribution is 2.33. The highest BCUT2D eigenvalue weighted by Gasteiger charge is 2.40. The molecule has 0 bridgehead atoms. The number of aliphatic hydroxyl groups excluding tert-OH is 2. The minimum Gasteiger partial charge on any atom is -0.396 e. The average molecular weight is 300 g/mol. The van der Waals surface area contributed by atoms with Gasteiger partial charge in [-0.15, -0.1) is 0 Å². The van der Waals surface area contributed by atoms with Gasteiger partial charge in [-0.3, -0.25) is 4.98 Å². The summed E-state index contributed by atoms with van der Waals surface area (Å²) in [5.41, 5.74) is 7.83. The van der Waals surface area contributed by atoms with E-state index in [0.717, 1.165) is 11.3 Å². The van der Waals surface area contributed by atoms with Crippen LogP contribution in [0.1, 0.15) is 12.1 Å². The van der Waals surface area contributed by atoms with Gasteiger partial charge >= 0.3 is 0 Å². The standard InChI is InChI=1S/C16H20N4O2/c17-14-7-15(22)13(9-21)12(14)6-11-3-5-19-16(20-11)10-2-1-4-18-8-10/h1-5,8,12-15,21-22H,6-7,9,17H2. The molecule has 0 spiro atoms. The lowest BCUT2D eigenvalue weighted by Crippen LogP contribution is -2.31. The molecular formula is C16H20N4O2. The number of aromatic nitrogens is 3. The number of aliphatic hydroxyl groups is 2. The average Bonchev–Trinajstić information content (AvgIpc) is 2.82.